The van der Waals surface area contributed by atoms with Gasteiger partial charge in [-0.3, -0.25) is 19.2 Å². The Morgan fingerprint density at radius 3 is 2.60 bits per heavy atom. The number of likely N-dealkylation sites (tertiary alicyclic amines) is 1. The second-order valence-electron chi connectivity index (χ2n) is 11.2. The first-order valence-electron chi connectivity index (χ1n) is 14.2. The molecule has 10 nitrogen and oxygen atoms in total. The van der Waals surface area contributed by atoms with E-state index >= 15 is 0 Å². The van der Waals surface area contributed by atoms with Gasteiger partial charge in [-0.25, -0.2) is 0 Å². The molecule has 2 unspecified atom stereocenters. The summed E-state index contributed by atoms with van der Waals surface area (Å²) in [6, 6.07) is -1.77. The van der Waals surface area contributed by atoms with Gasteiger partial charge in [-0.1, -0.05) is 41.4 Å². The van der Waals surface area contributed by atoms with Crippen molar-refractivity contribution < 1.29 is 33.8 Å². The summed E-state index contributed by atoms with van der Waals surface area (Å²) in [6.45, 7) is 14.9. The van der Waals surface area contributed by atoms with Crippen LogP contribution in [-0.4, -0.2) is 99.1 Å². The van der Waals surface area contributed by atoms with Gasteiger partial charge in [0.2, 0.25) is 17.7 Å². The van der Waals surface area contributed by atoms with Crippen molar-refractivity contribution >= 4 is 39.6 Å². The molecular formula is C29H44BrN3O7. The Kier molecular flexibility index (Phi) is 11.0. The van der Waals surface area contributed by atoms with E-state index in [0.717, 1.165) is 12.8 Å². The molecule has 2 N–H and O–H groups in total. The number of aliphatic hydroxyl groups excluding tert-OH is 1. The topological polar surface area (TPSA) is 125 Å². The molecule has 3 amide bonds. The van der Waals surface area contributed by atoms with Gasteiger partial charge in [-0.05, 0) is 40.0 Å². The molecule has 0 aliphatic carbocycles. The van der Waals surface area contributed by atoms with Crippen molar-refractivity contribution in [1.29, 1.82) is 0 Å². The number of amides is 3. The van der Waals surface area contributed by atoms with Crippen LogP contribution < -0.4 is 5.32 Å². The second-order valence-corrected chi connectivity index (χ2v) is 12.4. The Hall–Kier alpha value is -2.24. The zero-order valence-corrected chi connectivity index (χ0v) is 25.6. The third-order valence-electron chi connectivity index (χ3n) is 8.30. The Bertz CT molecular complexity index is 993. The van der Waals surface area contributed by atoms with Gasteiger partial charge in [0.15, 0.2) is 0 Å². The highest BCUT2D eigenvalue weighted by molar-refractivity contribution is 9.09. The van der Waals surface area contributed by atoms with Gasteiger partial charge >= 0.3 is 5.97 Å². The van der Waals surface area contributed by atoms with Crippen LogP contribution in [0.2, 0.25) is 0 Å². The number of ether oxygens (including phenoxy) is 2. The molecule has 9 atom stereocenters. The minimum absolute atomic E-state index is 0.103. The van der Waals surface area contributed by atoms with E-state index in [9.17, 15) is 24.3 Å². The number of nitrogens with one attached hydrogen (secondary N) is 1. The average Bonchev–Trinajstić information content (AvgIpc) is 3.51. The van der Waals surface area contributed by atoms with Gasteiger partial charge in [-0.2, -0.15) is 0 Å². The van der Waals surface area contributed by atoms with Crippen molar-refractivity contribution in [3.8, 4) is 0 Å². The number of carbonyl (C=O) groups is 4. The average molecular weight is 627 g/mol. The number of hydrogen-bond acceptors (Lipinski definition) is 7. The Morgan fingerprint density at radius 1 is 1.30 bits per heavy atom. The molecule has 40 heavy (non-hydrogen) atoms. The molecule has 0 saturated carbocycles. The van der Waals surface area contributed by atoms with E-state index < -0.39 is 53.6 Å². The molecule has 0 aromatic rings. The number of hydrogen-bond donors (Lipinski definition) is 2. The maximum atomic E-state index is 14.3. The Labute approximate surface area is 245 Å². The highest BCUT2D eigenvalue weighted by atomic mass is 79.9. The Morgan fingerprint density at radius 2 is 2.00 bits per heavy atom. The molecule has 11 heteroatoms. The molecule has 3 rings (SSSR count). The van der Waals surface area contributed by atoms with Crippen LogP contribution in [0.4, 0.5) is 0 Å². The van der Waals surface area contributed by atoms with Crippen LogP contribution in [0.5, 0.6) is 0 Å². The van der Waals surface area contributed by atoms with Gasteiger partial charge in [0.05, 0.1) is 37.1 Å². The number of aliphatic hydroxyl groups is 1. The fourth-order valence-corrected chi connectivity index (χ4v) is 7.38. The lowest BCUT2D eigenvalue weighted by Crippen LogP contribution is -2.59. The number of nitrogens with zero attached hydrogens (tertiary/aromatic N) is 2. The summed E-state index contributed by atoms with van der Waals surface area (Å²) < 4.78 is 12.2. The third-order valence-corrected chi connectivity index (χ3v) is 9.14. The summed E-state index contributed by atoms with van der Waals surface area (Å²) in [5.41, 5.74) is -1.24. The smallest absolute Gasteiger partial charge is 0.312 e. The minimum Gasteiger partial charge on any atom is -0.460 e. The molecule has 3 aliphatic heterocycles. The number of carbonyl (C=O) groups excluding carboxylic acids is 4. The molecule has 3 fully saturated rings. The number of esters is 1. The largest absolute Gasteiger partial charge is 0.460 e. The van der Waals surface area contributed by atoms with E-state index in [1.165, 1.54) is 4.90 Å². The first kappa shape index (κ1) is 32.3. The van der Waals surface area contributed by atoms with Crippen LogP contribution >= 0.6 is 15.9 Å². The van der Waals surface area contributed by atoms with Gasteiger partial charge in [0.25, 0.3) is 0 Å². The fourth-order valence-electron chi connectivity index (χ4n) is 6.43. The molecule has 1 spiro atoms. The lowest BCUT2D eigenvalue weighted by Gasteiger charge is -2.40. The summed E-state index contributed by atoms with van der Waals surface area (Å²) in [7, 11) is 0. The van der Waals surface area contributed by atoms with Crippen molar-refractivity contribution in [2.75, 3.05) is 19.7 Å². The minimum atomic E-state index is -1.24. The molecule has 3 saturated heterocycles. The molecule has 3 heterocycles. The standard InChI is InChI=1S/C29H44BrN3O7/c1-7-10-12-21(35)31-15-19(6)39-28(38)22-23-26(36)33(18(5)16-34)25(29(23)14-20(30)24(22)40-29)27(37)32(13-9-3)17(4)11-8-2/h7,9,17-20,22-25,34H,1,3,8,10-16H2,2,4-6H3,(H,31,35)/t17?,18-,19+,20?,22+,23-,24+,25+,29-/m1/s1. The van der Waals surface area contributed by atoms with Gasteiger partial charge in [-0.15, -0.1) is 13.2 Å². The van der Waals surface area contributed by atoms with Crippen molar-refractivity contribution in [2.45, 2.75) is 101 Å². The van der Waals surface area contributed by atoms with Crippen molar-refractivity contribution in [1.82, 2.24) is 15.1 Å². The fraction of sp³-hybridized carbons (Fsp3) is 0.724. The van der Waals surface area contributed by atoms with Gasteiger partial charge < -0.3 is 29.7 Å². The van der Waals surface area contributed by atoms with E-state index in [2.05, 4.69) is 34.4 Å². The quantitative estimate of drug-likeness (QED) is 0.162. The molecule has 0 radical (unpaired) electrons. The highest BCUT2D eigenvalue weighted by Crippen LogP contribution is 2.60. The van der Waals surface area contributed by atoms with Crippen molar-refractivity contribution in [3.63, 3.8) is 0 Å². The number of halogens is 1. The van der Waals surface area contributed by atoms with E-state index in [0.29, 0.717) is 25.8 Å². The normalized spacial score (nSPS) is 30.8. The number of alkyl halides is 1. The van der Waals surface area contributed by atoms with Crippen LogP contribution in [0, 0.1) is 11.8 Å². The molecule has 0 aromatic carbocycles. The molecule has 0 aromatic heterocycles. The van der Waals surface area contributed by atoms with Crippen LogP contribution in [0.1, 0.15) is 59.8 Å². The van der Waals surface area contributed by atoms with Crippen LogP contribution in [0.15, 0.2) is 25.3 Å². The molecule has 3 aliphatic rings. The zero-order chi connectivity index (χ0) is 29.8. The second kappa shape index (κ2) is 13.6. The number of allylic oxidation sites excluding steroid dienone is 1. The predicted molar refractivity (Wildman–Crippen MR) is 153 cm³/mol. The zero-order valence-electron chi connectivity index (χ0n) is 24.0. The molecule has 224 valence electrons. The van der Waals surface area contributed by atoms with Crippen LogP contribution in [0.25, 0.3) is 0 Å². The highest BCUT2D eigenvalue weighted by Gasteiger charge is 2.77. The van der Waals surface area contributed by atoms with E-state index in [4.69, 9.17) is 9.47 Å². The molecular weight excluding hydrogens is 582 g/mol. The van der Waals surface area contributed by atoms with Crippen LogP contribution in [0.3, 0.4) is 0 Å². The number of fused-ring (bicyclic) bond motifs is 1. The summed E-state index contributed by atoms with van der Waals surface area (Å²) in [4.78, 5) is 56.7. The first-order chi connectivity index (χ1) is 19.0. The summed E-state index contributed by atoms with van der Waals surface area (Å²) in [5.74, 6) is -3.31. The maximum Gasteiger partial charge on any atom is 0.312 e. The van der Waals surface area contributed by atoms with E-state index in [-0.39, 0.29) is 35.8 Å². The van der Waals surface area contributed by atoms with Crippen molar-refractivity contribution in [3.05, 3.63) is 25.3 Å². The van der Waals surface area contributed by atoms with Gasteiger partial charge in [0, 0.05) is 23.8 Å². The summed E-state index contributed by atoms with van der Waals surface area (Å²) >= 11 is 3.65. The third kappa shape index (κ3) is 6.01. The number of rotatable bonds is 15. The first-order valence-corrected chi connectivity index (χ1v) is 15.1. The van der Waals surface area contributed by atoms with Crippen LogP contribution in [-0.2, 0) is 28.7 Å². The van der Waals surface area contributed by atoms with E-state index in [1.54, 1.807) is 30.9 Å². The lowest BCUT2D eigenvalue weighted by molar-refractivity contribution is -0.160. The SMILES string of the molecule is C=CCCC(=O)NC[C@H](C)OC(=O)[C@@H]1[C@H]2O[C@@]3(CC2Br)[C@H](C(=O)N(CC=C)C(C)CCC)N([C@H](C)CO)C(=O)[C@@H]13. The van der Waals surface area contributed by atoms with Crippen molar-refractivity contribution in [2.24, 2.45) is 11.8 Å². The van der Waals surface area contributed by atoms with E-state index in [1.807, 2.05) is 13.8 Å². The summed E-state index contributed by atoms with van der Waals surface area (Å²) in [6.07, 6.45) is 4.87. The van der Waals surface area contributed by atoms with Gasteiger partial charge in [0.1, 0.15) is 17.7 Å². The molecule has 2 bridgehead atoms. The summed E-state index contributed by atoms with van der Waals surface area (Å²) in [5, 5.41) is 12.8. The lowest BCUT2D eigenvalue weighted by atomic mass is 9.70. The Balaban J connectivity index is 1.91. The monoisotopic (exact) mass is 625 g/mol. The predicted octanol–water partition coefficient (Wildman–Crippen LogP) is 2.33. The maximum absolute atomic E-state index is 14.3.